The molecule has 0 saturated heterocycles. The summed E-state index contributed by atoms with van der Waals surface area (Å²) in [7, 11) is 1.77. The molecule has 16 heavy (non-hydrogen) atoms. The van der Waals surface area contributed by atoms with Crippen LogP contribution in [-0.2, 0) is 0 Å². The summed E-state index contributed by atoms with van der Waals surface area (Å²) in [6.45, 7) is 1.93. The Labute approximate surface area is 110 Å². The second kappa shape index (κ2) is 5.63. The van der Waals surface area contributed by atoms with Crippen molar-refractivity contribution < 1.29 is 4.92 Å². The average Bonchev–Trinajstić information content (AvgIpc) is 2.46. The third-order valence-corrected chi connectivity index (χ3v) is 2.66. The predicted octanol–water partition coefficient (Wildman–Crippen LogP) is -0.988. The second-order valence-electron chi connectivity index (χ2n) is 3.27. The van der Waals surface area contributed by atoms with Crippen LogP contribution in [0, 0.1) is 10.1 Å². The molecule has 5 nitrogen and oxygen atoms in total. The van der Waals surface area contributed by atoms with Gasteiger partial charge in [0.25, 0.3) is 5.70 Å². The molecule has 1 aromatic heterocycles. The number of aromatic amines is 1. The Hall–Kier alpha value is -0.625. The van der Waals surface area contributed by atoms with Crippen molar-refractivity contribution in [1.29, 1.82) is 0 Å². The smallest absolute Gasteiger partial charge is 0.284 e. The van der Waals surface area contributed by atoms with Gasteiger partial charge in [0.1, 0.15) is 0 Å². The van der Waals surface area contributed by atoms with Gasteiger partial charge in [-0.15, -0.1) is 0 Å². The number of nitro groups is 1. The number of halogens is 2. The van der Waals surface area contributed by atoms with Gasteiger partial charge in [-0.05, 0) is 13.0 Å². The first-order valence-electron chi connectivity index (χ1n) is 4.57. The monoisotopic (exact) mass is 349 g/mol. The van der Waals surface area contributed by atoms with Crippen molar-refractivity contribution in [2.45, 2.75) is 11.8 Å². The molecule has 1 aromatic rings. The van der Waals surface area contributed by atoms with E-state index in [0.717, 1.165) is 0 Å². The molecule has 0 spiro atoms. The Balaban J connectivity index is 3.61. The van der Waals surface area contributed by atoms with Crippen molar-refractivity contribution in [3.05, 3.63) is 20.8 Å². The molecule has 0 radical (unpaired) electrons. The van der Waals surface area contributed by atoms with Crippen molar-refractivity contribution in [3.8, 4) is 0 Å². The lowest BCUT2D eigenvalue weighted by molar-refractivity contribution is -0.378. The van der Waals surface area contributed by atoms with E-state index in [2.05, 4.69) is 41.8 Å². The van der Waals surface area contributed by atoms with Crippen molar-refractivity contribution in [1.82, 2.24) is 9.97 Å². The number of hydrogen-bond donors (Lipinski definition) is 1. The van der Waals surface area contributed by atoms with Gasteiger partial charge in [0.2, 0.25) is 0 Å². The average molecular weight is 351 g/mol. The van der Waals surface area contributed by atoms with Crippen LogP contribution in [0.15, 0.2) is 0 Å². The van der Waals surface area contributed by atoms with E-state index in [1.165, 1.54) is 0 Å². The van der Waals surface area contributed by atoms with Crippen LogP contribution in [0.2, 0.25) is 0 Å². The van der Waals surface area contributed by atoms with Crippen LogP contribution in [0.25, 0.3) is 11.8 Å². The first-order valence-corrected chi connectivity index (χ1v) is 6.61. The third kappa shape index (κ3) is 3.18. The largest absolute Gasteiger partial charge is 0.351 e. The molecule has 8 heteroatoms. The fourth-order valence-electron chi connectivity index (χ4n) is 1.28. The summed E-state index contributed by atoms with van der Waals surface area (Å²) in [4.78, 5) is 17.7. The van der Waals surface area contributed by atoms with Gasteiger partial charge in [-0.3, -0.25) is 10.1 Å². The molecule has 0 aliphatic carbocycles. The molecule has 0 amide bonds. The molecule has 0 aliphatic rings. The minimum Gasteiger partial charge on any atom is -0.351 e. The Morgan fingerprint density at radius 3 is 2.88 bits per heavy atom. The van der Waals surface area contributed by atoms with Crippen molar-refractivity contribution in [2.75, 3.05) is 5.33 Å². The van der Waals surface area contributed by atoms with Gasteiger partial charge < -0.3 is 4.98 Å². The lowest BCUT2D eigenvalue weighted by atomic mass is 10.1. The summed E-state index contributed by atoms with van der Waals surface area (Å²) in [5, 5.41) is 12.1. The van der Waals surface area contributed by atoms with Crippen LogP contribution in [0.3, 0.4) is 0 Å². The number of rotatable bonds is 3. The lowest BCUT2D eigenvalue weighted by Crippen LogP contribution is -2.31. The van der Waals surface area contributed by atoms with E-state index >= 15 is 0 Å². The summed E-state index contributed by atoms with van der Waals surface area (Å²) >= 11 is 6.47. The molecule has 0 aliphatic heterocycles. The Morgan fingerprint density at radius 2 is 2.44 bits per heavy atom. The molecule has 0 saturated carbocycles. The topological polar surface area (TPSA) is 71.8 Å². The van der Waals surface area contributed by atoms with Gasteiger partial charge in [-0.2, -0.15) is 0 Å². The number of hydrogen-bond acceptors (Lipinski definition) is 3. The van der Waals surface area contributed by atoms with Gasteiger partial charge in [0.15, 0.2) is 13.2 Å². The maximum atomic E-state index is 10.8. The van der Waals surface area contributed by atoms with Gasteiger partial charge in [0.05, 0.1) is 21.3 Å². The first-order chi connectivity index (χ1) is 7.45. The molecule has 1 N–H and O–H groups in total. The Bertz CT molecular complexity index is 512. The predicted molar refractivity (Wildman–Crippen MR) is 73.1 cm³/mol. The highest BCUT2D eigenvalue weighted by Gasteiger charge is 2.13. The van der Waals surface area contributed by atoms with Crippen molar-refractivity contribution in [2.24, 2.45) is 0 Å². The highest BCUT2D eigenvalue weighted by Crippen LogP contribution is 1.98. The van der Waals surface area contributed by atoms with Crippen molar-refractivity contribution in [3.63, 3.8) is 0 Å². The zero-order valence-electron chi connectivity index (χ0n) is 8.83. The highest BCUT2D eigenvalue weighted by atomic mass is 79.9. The molecule has 1 unspecified atom stereocenters. The molecule has 86 valence electrons. The SMILES string of the molecule is Bc1nc(=C(/CBr)[N+](=O)[O-])/c(=C\C(C)Br)[nH]1. The fraction of sp³-hybridized carbons (Fsp3) is 0.375. The van der Waals surface area contributed by atoms with Gasteiger partial charge in [-0.25, -0.2) is 4.98 Å². The van der Waals surface area contributed by atoms with Crippen LogP contribution in [-0.4, -0.2) is 32.9 Å². The quantitative estimate of drug-likeness (QED) is 0.329. The van der Waals surface area contributed by atoms with E-state index < -0.39 is 4.92 Å². The molecular weight excluding hydrogens is 341 g/mol. The zero-order chi connectivity index (χ0) is 12.3. The standard InChI is InChI=1S/C8H10BBr2N3O2/c1-4(11)2-5-7(13-8(9)12-5)6(3-10)14(15)16/h2,4H,3,9H2,1H3,(H,12,13)/b5-2+,7-6-. The number of nitrogens with one attached hydrogen (secondary N) is 1. The second-order valence-corrected chi connectivity index (χ2v) is 5.27. The fourth-order valence-corrected chi connectivity index (χ4v) is 2.01. The van der Waals surface area contributed by atoms with E-state index in [-0.39, 0.29) is 15.9 Å². The summed E-state index contributed by atoms with van der Waals surface area (Å²) in [5.41, 5.74) is 0.721. The molecule has 1 atom stereocenters. The summed E-state index contributed by atoms with van der Waals surface area (Å²) in [6, 6.07) is 0. The highest BCUT2D eigenvalue weighted by molar-refractivity contribution is 9.09. The maximum absolute atomic E-state index is 10.8. The molecule has 0 fully saturated rings. The van der Waals surface area contributed by atoms with E-state index in [4.69, 9.17) is 0 Å². The minimum atomic E-state index is -0.416. The number of alkyl halides is 2. The molecule has 0 aromatic carbocycles. The van der Waals surface area contributed by atoms with E-state index in [1.54, 1.807) is 7.85 Å². The number of H-pyrrole nitrogens is 1. The van der Waals surface area contributed by atoms with Crippen LogP contribution in [0.5, 0.6) is 0 Å². The number of nitrogens with zero attached hydrogens (tertiary/aromatic N) is 2. The summed E-state index contributed by atoms with van der Waals surface area (Å²) < 4.78 is 0. The van der Waals surface area contributed by atoms with E-state index in [1.807, 2.05) is 13.0 Å². The van der Waals surface area contributed by atoms with Crippen LogP contribution in [0.4, 0.5) is 0 Å². The van der Waals surface area contributed by atoms with Crippen LogP contribution < -0.4 is 16.4 Å². The number of aromatic nitrogens is 2. The number of imidazole rings is 1. The zero-order valence-corrected chi connectivity index (χ0v) is 12.0. The molecular formula is C8H10BBr2N3O2. The lowest BCUT2D eigenvalue weighted by Gasteiger charge is -1.91. The normalized spacial score (nSPS) is 16.1. The van der Waals surface area contributed by atoms with E-state index in [0.29, 0.717) is 16.4 Å². The van der Waals surface area contributed by atoms with Gasteiger partial charge in [-0.1, -0.05) is 31.9 Å². The van der Waals surface area contributed by atoms with E-state index in [9.17, 15) is 10.1 Å². The first kappa shape index (κ1) is 13.4. The minimum absolute atomic E-state index is 0.0590. The summed E-state index contributed by atoms with van der Waals surface area (Å²) in [5.74, 6) is 0. The van der Waals surface area contributed by atoms with Crippen molar-refractivity contribution >= 4 is 57.2 Å². The van der Waals surface area contributed by atoms with Crippen LogP contribution in [0.1, 0.15) is 6.92 Å². The van der Waals surface area contributed by atoms with Crippen LogP contribution >= 0.6 is 31.9 Å². The molecule has 1 heterocycles. The summed E-state index contributed by atoms with van der Waals surface area (Å²) in [6.07, 6.45) is 1.85. The molecule has 1 rings (SSSR count). The van der Waals surface area contributed by atoms with Gasteiger partial charge in [0, 0.05) is 4.83 Å². The maximum Gasteiger partial charge on any atom is 0.284 e. The Morgan fingerprint density at radius 1 is 1.81 bits per heavy atom. The molecule has 0 bridgehead atoms. The van der Waals surface area contributed by atoms with Gasteiger partial charge >= 0.3 is 0 Å². The third-order valence-electron chi connectivity index (χ3n) is 1.87. The Kier molecular flexibility index (Phi) is 4.73.